The molecular formula is C26H27N3O3. The Hall–Kier alpha value is -3.64. The maximum atomic E-state index is 12.4. The number of carbonyl (C=O) groups excluding carboxylic acids is 1. The van der Waals surface area contributed by atoms with Crippen LogP contribution in [0, 0.1) is 0 Å². The van der Waals surface area contributed by atoms with Crippen molar-refractivity contribution >= 4 is 11.6 Å². The lowest BCUT2D eigenvalue weighted by atomic mass is 10.1. The number of aryl methyl sites for hydroxylation is 1. The Morgan fingerprint density at radius 2 is 1.69 bits per heavy atom. The van der Waals surface area contributed by atoms with E-state index in [9.17, 15) is 4.79 Å². The van der Waals surface area contributed by atoms with Crippen LogP contribution < -0.4 is 10.1 Å². The first-order valence-electron chi connectivity index (χ1n) is 10.7. The second kappa shape index (κ2) is 10.1. The Balaban J connectivity index is 1.71. The monoisotopic (exact) mass is 429 g/mol. The van der Waals surface area contributed by atoms with Crippen molar-refractivity contribution in [2.24, 2.45) is 0 Å². The summed E-state index contributed by atoms with van der Waals surface area (Å²) >= 11 is 0. The Labute approximate surface area is 187 Å². The first kappa shape index (κ1) is 21.6. The highest BCUT2D eigenvalue weighted by Gasteiger charge is 2.16. The number of methoxy groups -OCH3 is 2. The number of hydrogen-bond acceptors (Lipinski definition) is 4. The molecule has 4 rings (SSSR count). The molecule has 6 heteroatoms. The predicted molar refractivity (Wildman–Crippen MR) is 126 cm³/mol. The summed E-state index contributed by atoms with van der Waals surface area (Å²) in [7, 11) is 3.27. The lowest BCUT2D eigenvalue weighted by molar-refractivity contribution is -0.121. The molecule has 0 unspecified atom stereocenters. The standard InChI is InChI=1S/C26H27N3O3/c1-31-17-16-27-25(30)15-13-23-26(20-8-11-22(32-2)12-9-20)28-24-14-10-21(18-29(23)24)19-6-4-3-5-7-19/h3-12,14,18H,13,15-17H2,1-2H3,(H,27,30). The van der Waals surface area contributed by atoms with Gasteiger partial charge in [-0.25, -0.2) is 4.98 Å². The van der Waals surface area contributed by atoms with Crippen LogP contribution in [-0.4, -0.2) is 42.7 Å². The van der Waals surface area contributed by atoms with Crippen LogP contribution in [0.5, 0.6) is 5.75 Å². The minimum atomic E-state index is -0.00288. The van der Waals surface area contributed by atoms with Gasteiger partial charge >= 0.3 is 0 Å². The first-order chi connectivity index (χ1) is 15.7. The number of ether oxygens (including phenoxy) is 2. The van der Waals surface area contributed by atoms with Gasteiger partial charge in [0.25, 0.3) is 0 Å². The minimum absolute atomic E-state index is 0.00288. The molecule has 2 aromatic carbocycles. The average molecular weight is 430 g/mol. The summed E-state index contributed by atoms with van der Waals surface area (Å²) in [5, 5.41) is 2.90. The van der Waals surface area contributed by atoms with Gasteiger partial charge in [0, 0.05) is 31.8 Å². The third-order valence-electron chi connectivity index (χ3n) is 5.41. The third-order valence-corrected chi connectivity index (χ3v) is 5.41. The molecular weight excluding hydrogens is 402 g/mol. The van der Waals surface area contributed by atoms with Gasteiger partial charge in [-0.05, 0) is 53.9 Å². The molecule has 1 amide bonds. The van der Waals surface area contributed by atoms with Gasteiger partial charge in [-0.2, -0.15) is 0 Å². The molecule has 1 N–H and O–H groups in total. The molecule has 0 aliphatic rings. The SMILES string of the molecule is COCCNC(=O)CCc1c(-c2ccc(OC)cc2)nc2ccc(-c3ccccc3)cn12. The van der Waals surface area contributed by atoms with Gasteiger partial charge in [-0.15, -0.1) is 0 Å². The van der Waals surface area contributed by atoms with E-state index in [0.717, 1.165) is 39.5 Å². The van der Waals surface area contributed by atoms with Crippen LogP contribution in [0.15, 0.2) is 72.9 Å². The molecule has 6 nitrogen and oxygen atoms in total. The minimum Gasteiger partial charge on any atom is -0.497 e. The highest BCUT2D eigenvalue weighted by molar-refractivity contribution is 5.77. The maximum absolute atomic E-state index is 12.4. The fourth-order valence-electron chi connectivity index (χ4n) is 3.73. The average Bonchev–Trinajstić information content (AvgIpc) is 3.21. The number of fused-ring (bicyclic) bond motifs is 1. The molecule has 0 aliphatic heterocycles. The van der Waals surface area contributed by atoms with E-state index in [1.54, 1.807) is 14.2 Å². The van der Waals surface area contributed by atoms with Crippen molar-refractivity contribution in [2.75, 3.05) is 27.4 Å². The van der Waals surface area contributed by atoms with Crippen molar-refractivity contribution in [1.29, 1.82) is 0 Å². The van der Waals surface area contributed by atoms with Crippen molar-refractivity contribution in [3.05, 3.63) is 78.6 Å². The van der Waals surface area contributed by atoms with E-state index in [-0.39, 0.29) is 5.91 Å². The van der Waals surface area contributed by atoms with Gasteiger partial charge in [0.1, 0.15) is 11.4 Å². The molecule has 4 aromatic rings. The number of pyridine rings is 1. The first-order valence-corrected chi connectivity index (χ1v) is 10.7. The van der Waals surface area contributed by atoms with Crippen LogP contribution in [0.1, 0.15) is 12.1 Å². The third kappa shape index (κ3) is 4.81. The summed E-state index contributed by atoms with van der Waals surface area (Å²) in [4.78, 5) is 17.3. The van der Waals surface area contributed by atoms with Crippen molar-refractivity contribution in [3.63, 3.8) is 0 Å². The summed E-state index contributed by atoms with van der Waals surface area (Å²) in [5.74, 6) is 0.792. The van der Waals surface area contributed by atoms with E-state index in [0.29, 0.717) is 26.0 Å². The van der Waals surface area contributed by atoms with Crippen LogP contribution in [0.4, 0.5) is 0 Å². The van der Waals surface area contributed by atoms with Gasteiger partial charge in [0.2, 0.25) is 5.91 Å². The highest BCUT2D eigenvalue weighted by atomic mass is 16.5. The zero-order valence-corrected chi connectivity index (χ0v) is 18.4. The second-order valence-electron chi connectivity index (χ2n) is 7.49. The maximum Gasteiger partial charge on any atom is 0.220 e. The van der Waals surface area contributed by atoms with Gasteiger partial charge in [-0.3, -0.25) is 4.79 Å². The number of nitrogens with zero attached hydrogens (tertiary/aromatic N) is 2. The fourth-order valence-corrected chi connectivity index (χ4v) is 3.73. The predicted octanol–water partition coefficient (Wildman–Crippen LogP) is 4.37. The number of amides is 1. The summed E-state index contributed by atoms with van der Waals surface area (Å²) < 4.78 is 12.4. The Morgan fingerprint density at radius 3 is 2.41 bits per heavy atom. The van der Waals surface area contributed by atoms with Crippen LogP contribution in [0.2, 0.25) is 0 Å². The largest absolute Gasteiger partial charge is 0.497 e. The van der Waals surface area contributed by atoms with Crippen molar-refractivity contribution in [2.45, 2.75) is 12.8 Å². The van der Waals surface area contributed by atoms with Crippen molar-refractivity contribution < 1.29 is 14.3 Å². The lowest BCUT2D eigenvalue weighted by Gasteiger charge is -2.09. The molecule has 0 saturated carbocycles. The molecule has 0 radical (unpaired) electrons. The van der Waals surface area contributed by atoms with E-state index in [1.165, 1.54) is 0 Å². The number of rotatable bonds is 9. The fraction of sp³-hybridized carbons (Fsp3) is 0.231. The summed E-state index contributed by atoms with van der Waals surface area (Å²) in [6.07, 6.45) is 3.04. The van der Waals surface area contributed by atoms with Gasteiger partial charge < -0.3 is 19.2 Å². The van der Waals surface area contributed by atoms with Crippen LogP contribution >= 0.6 is 0 Å². The molecule has 0 aliphatic carbocycles. The van der Waals surface area contributed by atoms with E-state index < -0.39 is 0 Å². The molecule has 164 valence electrons. The van der Waals surface area contributed by atoms with E-state index >= 15 is 0 Å². The van der Waals surface area contributed by atoms with E-state index in [2.05, 4.69) is 34.1 Å². The van der Waals surface area contributed by atoms with Crippen LogP contribution in [0.3, 0.4) is 0 Å². The zero-order chi connectivity index (χ0) is 22.3. The zero-order valence-electron chi connectivity index (χ0n) is 18.4. The number of nitrogens with one attached hydrogen (secondary N) is 1. The van der Waals surface area contributed by atoms with Crippen molar-refractivity contribution in [3.8, 4) is 28.1 Å². The number of imidazole rings is 1. The van der Waals surface area contributed by atoms with Gasteiger partial charge in [0.15, 0.2) is 0 Å². The molecule has 2 aromatic heterocycles. The van der Waals surface area contributed by atoms with Gasteiger partial charge in [0.05, 0.1) is 25.1 Å². The molecule has 32 heavy (non-hydrogen) atoms. The smallest absolute Gasteiger partial charge is 0.220 e. The molecule has 0 fully saturated rings. The number of carbonyl (C=O) groups is 1. The molecule has 2 heterocycles. The normalized spacial score (nSPS) is 10.9. The second-order valence-corrected chi connectivity index (χ2v) is 7.49. The molecule has 0 bridgehead atoms. The highest BCUT2D eigenvalue weighted by Crippen LogP contribution is 2.29. The Bertz CT molecular complexity index is 1180. The molecule has 0 atom stereocenters. The van der Waals surface area contributed by atoms with Crippen LogP contribution in [0.25, 0.3) is 28.0 Å². The molecule has 0 spiro atoms. The number of benzene rings is 2. The lowest BCUT2D eigenvalue weighted by Crippen LogP contribution is -2.27. The van der Waals surface area contributed by atoms with E-state index in [4.69, 9.17) is 14.5 Å². The van der Waals surface area contributed by atoms with Gasteiger partial charge in [-0.1, -0.05) is 30.3 Å². The summed E-state index contributed by atoms with van der Waals surface area (Å²) in [5.41, 5.74) is 5.96. The summed E-state index contributed by atoms with van der Waals surface area (Å²) in [6.45, 7) is 1.00. The van der Waals surface area contributed by atoms with E-state index in [1.807, 2.05) is 48.5 Å². The molecule has 0 saturated heterocycles. The summed E-state index contributed by atoms with van der Waals surface area (Å²) in [6, 6.07) is 22.2. The quantitative estimate of drug-likeness (QED) is 0.401. The van der Waals surface area contributed by atoms with Crippen LogP contribution in [-0.2, 0) is 16.0 Å². The number of hydrogen-bond donors (Lipinski definition) is 1. The Morgan fingerprint density at radius 1 is 0.938 bits per heavy atom. The topological polar surface area (TPSA) is 64.9 Å². The van der Waals surface area contributed by atoms with Crippen molar-refractivity contribution in [1.82, 2.24) is 14.7 Å². The Kier molecular flexibility index (Phi) is 6.82. The number of aromatic nitrogens is 2.